The van der Waals surface area contributed by atoms with E-state index in [0.29, 0.717) is 10.4 Å². The van der Waals surface area contributed by atoms with Crippen molar-refractivity contribution in [3.05, 3.63) is 21.0 Å². The average Bonchev–Trinajstić information content (AvgIpc) is 2.78. The quantitative estimate of drug-likeness (QED) is 0.881. The molecule has 0 aromatic carbocycles. The molecule has 16 heavy (non-hydrogen) atoms. The Bertz CT molecular complexity index is 415. The summed E-state index contributed by atoms with van der Waals surface area (Å²) in [7, 11) is 0. The van der Waals surface area contributed by atoms with Gasteiger partial charge in [-0.15, -0.1) is 0 Å². The minimum absolute atomic E-state index is 0.222. The Morgan fingerprint density at radius 2 is 2.56 bits per heavy atom. The van der Waals surface area contributed by atoms with E-state index >= 15 is 0 Å². The van der Waals surface area contributed by atoms with E-state index in [4.69, 9.17) is 4.74 Å². The molecule has 2 rings (SSSR count). The second-order valence-corrected chi connectivity index (χ2v) is 4.78. The Hall–Kier alpha value is -0.880. The number of anilines is 1. The Morgan fingerprint density at radius 1 is 1.75 bits per heavy atom. The molecule has 1 fully saturated rings. The van der Waals surface area contributed by atoms with E-state index in [0.717, 1.165) is 25.3 Å². The second-order valence-electron chi connectivity index (χ2n) is 3.98. The van der Waals surface area contributed by atoms with Crippen molar-refractivity contribution in [2.75, 3.05) is 18.5 Å². The molecule has 1 aliphatic rings. The van der Waals surface area contributed by atoms with Gasteiger partial charge in [0.05, 0.1) is 18.5 Å². The van der Waals surface area contributed by atoms with E-state index in [1.807, 2.05) is 0 Å². The summed E-state index contributed by atoms with van der Waals surface area (Å²) in [4.78, 5) is 11.3. The van der Waals surface area contributed by atoms with Crippen molar-refractivity contribution in [2.45, 2.75) is 19.4 Å². The van der Waals surface area contributed by atoms with E-state index in [2.05, 4.69) is 38.4 Å². The molecule has 88 valence electrons. The van der Waals surface area contributed by atoms with Crippen molar-refractivity contribution in [1.82, 2.24) is 10.2 Å². The molecule has 2 N–H and O–H groups in total. The third-order valence-corrected chi connectivity index (χ3v) is 3.64. The van der Waals surface area contributed by atoms with Crippen molar-refractivity contribution in [3.8, 4) is 0 Å². The lowest BCUT2D eigenvalue weighted by Crippen LogP contribution is -2.27. The fourth-order valence-corrected chi connectivity index (χ4v) is 2.10. The minimum Gasteiger partial charge on any atom is -0.381 e. The van der Waals surface area contributed by atoms with Gasteiger partial charge in [0.25, 0.3) is 5.56 Å². The third kappa shape index (κ3) is 2.44. The van der Waals surface area contributed by atoms with Gasteiger partial charge in [0, 0.05) is 18.6 Å². The predicted octanol–water partition coefficient (Wildman–Crippen LogP) is 1.37. The molecule has 0 aliphatic carbocycles. The number of nitrogens with zero attached hydrogens (tertiary/aromatic N) is 1. The van der Waals surface area contributed by atoms with Crippen molar-refractivity contribution in [1.29, 1.82) is 0 Å². The molecular weight excluding hydrogens is 274 g/mol. The Labute approximate surface area is 102 Å². The van der Waals surface area contributed by atoms with E-state index in [1.165, 1.54) is 0 Å². The van der Waals surface area contributed by atoms with Crippen LogP contribution in [0.15, 0.2) is 15.5 Å². The molecule has 1 saturated heterocycles. The standard InChI is InChI=1S/C10H14BrN3O2/c1-6(7-2-3-16-5-7)13-8-4-12-14-10(15)9(8)11/h4,6-7H,2-3,5H2,1H3,(H2,13,14,15). The molecule has 2 heterocycles. The summed E-state index contributed by atoms with van der Waals surface area (Å²) in [5.41, 5.74) is 0.503. The summed E-state index contributed by atoms with van der Waals surface area (Å²) in [6, 6.07) is 0.266. The topological polar surface area (TPSA) is 67.0 Å². The fourth-order valence-electron chi connectivity index (χ4n) is 1.79. The van der Waals surface area contributed by atoms with Gasteiger partial charge in [0.15, 0.2) is 0 Å². The number of ether oxygens (including phenoxy) is 1. The second kappa shape index (κ2) is 4.97. The van der Waals surface area contributed by atoms with Gasteiger partial charge in [-0.25, -0.2) is 5.10 Å². The van der Waals surface area contributed by atoms with Crippen molar-refractivity contribution in [2.24, 2.45) is 5.92 Å². The Balaban J connectivity index is 2.08. The highest BCUT2D eigenvalue weighted by Crippen LogP contribution is 2.22. The molecule has 0 radical (unpaired) electrons. The number of nitrogens with one attached hydrogen (secondary N) is 2. The number of aromatic amines is 1. The first-order valence-electron chi connectivity index (χ1n) is 5.26. The zero-order chi connectivity index (χ0) is 11.5. The van der Waals surface area contributed by atoms with Gasteiger partial charge in [0.2, 0.25) is 0 Å². The fraction of sp³-hybridized carbons (Fsp3) is 0.600. The number of halogens is 1. The Morgan fingerprint density at radius 3 is 3.25 bits per heavy atom. The molecule has 0 spiro atoms. The van der Waals surface area contributed by atoms with Gasteiger partial charge < -0.3 is 10.1 Å². The van der Waals surface area contributed by atoms with Crippen LogP contribution in [0.4, 0.5) is 5.69 Å². The van der Waals surface area contributed by atoms with Crippen LogP contribution in [0.25, 0.3) is 0 Å². The minimum atomic E-state index is -0.222. The van der Waals surface area contributed by atoms with Gasteiger partial charge in [-0.3, -0.25) is 4.79 Å². The molecule has 5 nitrogen and oxygen atoms in total. The van der Waals surface area contributed by atoms with E-state index in [9.17, 15) is 4.79 Å². The van der Waals surface area contributed by atoms with Crippen LogP contribution in [0, 0.1) is 5.92 Å². The average molecular weight is 288 g/mol. The SMILES string of the molecule is CC(Nc1cn[nH]c(=O)c1Br)C1CCOC1. The molecule has 1 aliphatic heterocycles. The van der Waals surface area contributed by atoms with Gasteiger partial charge in [-0.05, 0) is 29.3 Å². The number of hydrogen-bond acceptors (Lipinski definition) is 4. The van der Waals surface area contributed by atoms with Crippen LogP contribution in [0.2, 0.25) is 0 Å². The normalized spacial score (nSPS) is 22.0. The summed E-state index contributed by atoms with van der Waals surface area (Å²) in [5, 5.41) is 9.41. The molecule has 2 unspecified atom stereocenters. The highest BCUT2D eigenvalue weighted by molar-refractivity contribution is 9.10. The van der Waals surface area contributed by atoms with Crippen LogP contribution in [-0.2, 0) is 4.74 Å². The first-order chi connectivity index (χ1) is 7.68. The number of H-pyrrole nitrogens is 1. The third-order valence-electron chi connectivity index (χ3n) is 2.85. The maximum absolute atomic E-state index is 11.3. The molecule has 1 aromatic rings. The molecular formula is C10H14BrN3O2. The molecule has 0 bridgehead atoms. The maximum Gasteiger partial charge on any atom is 0.280 e. The first kappa shape index (κ1) is 11.6. The van der Waals surface area contributed by atoms with Gasteiger partial charge in [0.1, 0.15) is 4.47 Å². The van der Waals surface area contributed by atoms with Gasteiger partial charge in [-0.1, -0.05) is 0 Å². The van der Waals surface area contributed by atoms with Crippen LogP contribution in [0.5, 0.6) is 0 Å². The van der Waals surface area contributed by atoms with Crippen molar-refractivity contribution < 1.29 is 4.74 Å². The van der Waals surface area contributed by atoms with Crippen molar-refractivity contribution in [3.63, 3.8) is 0 Å². The zero-order valence-electron chi connectivity index (χ0n) is 9.00. The van der Waals surface area contributed by atoms with Crippen LogP contribution in [-0.4, -0.2) is 29.5 Å². The highest BCUT2D eigenvalue weighted by atomic mass is 79.9. The van der Waals surface area contributed by atoms with Gasteiger partial charge >= 0.3 is 0 Å². The molecule has 0 saturated carbocycles. The van der Waals surface area contributed by atoms with Crippen LogP contribution < -0.4 is 10.9 Å². The van der Waals surface area contributed by atoms with E-state index in [-0.39, 0.29) is 11.6 Å². The van der Waals surface area contributed by atoms with E-state index < -0.39 is 0 Å². The summed E-state index contributed by atoms with van der Waals surface area (Å²) in [6.07, 6.45) is 2.67. The lowest BCUT2D eigenvalue weighted by Gasteiger charge is -2.20. The largest absolute Gasteiger partial charge is 0.381 e. The lowest BCUT2D eigenvalue weighted by atomic mass is 10.0. The molecule has 6 heteroatoms. The summed E-state index contributed by atoms with van der Waals surface area (Å²) in [5.74, 6) is 0.492. The van der Waals surface area contributed by atoms with Crippen LogP contribution >= 0.6 is 15.9 Å². The van der Waals surface area contributed by atoms with E-state index in [1.54, 1.807) is 6.20 Å². The first-order valence-corrected chi connectivity index (χ1v) is 6.05. The van der Waals surface area contributed by atoms with Crippen LogP contribution in [0.3, 0.4) is 0 Å². The summed E-state index contributed by atoms with van der Waals surface area (Å²) < 4.78 is 5.83. The van der Waals surface area contributed by atoms with Crippen molar-refractivity contribution >= 4 is 21.6 Å². The zero-order valence-corrected chi connectivity index (χ0v) is 10.6. The van der Waals surface area contributed by atoms with Gasteiger partial charge in [-0.2, -0.15) is 5.10 Å². The smallest absolute Gasteiger partial charge is 0.280 e. The lowest BCUT2D eigenvalue weighted by molar-refractivity contribution is 0.183. The monoisotopic (exact) mass is 287 g/mol. The predicted molar refractivity (Wildman–Crippen MR) is 64.6 cm³/mol. The summed E-state index contributed by atoms with van der Waals surface area (Å²) in [6.45, 7) is 3.70. The summed E-state index contributed by atoms with van der Waals surface area (Å²) >= 11 is 3.24. The number of aromatic nitrogens is 2. The molecule has 1 aromatic heterocycles. The molecule has 0 amide bonds. The number of rotatable bonds is 3. The number of hydrogen-bond donors (Lipinski definition) is 2. The highest BCUT2D eigenvalue weighted by Gasteiger charge is 2.22. The maximum atomic E-state index is 11.3. The molecule has 2 atom stereocenters. The van der Waals surface area contributed by atoms with Crippen LogP contribution in [0.1, 0.15) is 13.3 Å². The Kier molecular flexibility index (Phi) is 3.60.